The zero-order chi connectivity index (χ0) is 14.0. The molecule has 3 N–H and O–H groups in total. The molecule has 18 heavy (non-hydrogen) atoms. The molecule has 0 saturated carbocycles. The number of aliphatic hydroxyl groups is 1. The quantitative estimate of drug-likeness (QED) is 0.847. The van der Waals surface area contributed by atoms with E-state index in [1.807, 2.05) is 27.7 Å². The Morgan fingerprint density at radius 1 is 1.28 bits per heavy atom. The predicted octanol–water partition coefficient (Wildman–Crippen LogP) is 1.20. The second-order valence-electron chi connectivity index (χ2n) is 4.80. The van der Waals surface area contributed by atoms with E-state index in [0.29, 0.717) is 0 Å². The normalized spacial score (nSPS) is 12.4. The number of rotatable bonds is 3. The van der Waals surface area contributed by atoms with Gasteiger partial charge >= 0.3 is 0 Å². The number of aliphatic hydroxyl groups excluding tert-OH is 1. The highest BCUT2D eigenvalue weighted by atomic mass is 16.3. The van der Waals surface area contributed by atoms with E-state index >= 15 is 0 Å². The third-order valence-electron chi connectivity index (χ3n) is 3.51. The van der Waals surface area contributed by atoms with Gasteiger partial charge in [-0.15, -0.1) is 0 Å². The molecule has 0 bridgehead atoms. The van der Waals surface area contributed by atoms with Crippen LogP contribution in [0.3, 0.4) is 0 Å². The SMILES string of the molecule is Cc1cc(C)c(C)c(N(C)C(=O)C(N)CO)c1C. The van der Waals surface area contributed by atoms with Gasteiger partial charge in [-0.2, -0.15) is 0 Å². The van der Waals surface area contributed by atoms with Crippen molar-refractivity contribution in [1.29, 1.82) is 0 Å². The molecule has 1 aromatic carbocycles. The first-order chi connectivity index (χ1) is 8.31. The van der Waals surface area contributed by atoms with Gasteiger partial charge in [-0.25, -0.2) is 0 Å². The van der Waals surface area contributed by atoms with E-state index in [2.05, 4.69) is 6.07 Å². The van der Waals surface area contributed by atoms with Gasteiger partial charge in [-0.3, -0.25) is 4.79 Å². The lowest BCUT2D eigenvalue weighted by Gasteiger charge is -2.26. The number of nitrogens with zero attached hydrogens (tertiary/aromatic N) is 1. The van der Waals surface area contributed by atoms with Crippen LogP contribution in [0.5, 0.6) is 0 Å². The minimum absolute atomic E-state index is 0.270. The number of amides is 1. The number of likely N-dealkylation sites (N-methyl/N-ethyl adjacent to an activating group) is 1. The average Bonchev–Trinajstić information content (AvgIpc) is 2.34. The maximum absolute atomic E-state index is 12.0. The minimum atomic E-state index is -0.866. The van der Waals surface area contributed by atoms with Crippen LogP contribution in [0.15, 0.2) is 6.07 Å². The Labute approximate surface area is 108 Å². The van der Waals surface area contributed by atoms with Crippen molar-refractivity contribution in [1.82, 2.24) is 0 Å². The molecule has 4 nitrogen and oxygen atoms in total. The van der Waals surface area contributed by atoms with Crippen LogP contribution in [0.4, 0.5) is 5.69 Å². The maximum Gasteiger partial charge on any atom is 0.246 e. The second-order valence-corrected chi connectivity index (χ2v) is 4.80. The Bertz CT molecular complexity index is 443. The van der Waals surface area contributed by atoms with Crippen LogP contribution in [0.1, 0.15) is 22.3 Å². The van der Waals surface area contributed by atoms with Gasteiger partial charge in [0.1, 0.15) is 6.04 Å². The lowest BCUT2D eigenvalue weighted by molar-refractivity contribution is -0.120. The molecule has 1 amide bonds. The molecule has 0 aromatic heterocycles. The van der Waals surface area contributed by atoms with E-state index < -0.39 is 6.04 Å². The van der Waals surface area contributed by atoms with Crippen molar-refractivity contribution in [2.75, 3.05) is 18.6 Å². The zero-order valence-corrected chi connectivity index (χ0v) is 11.7. The molecule has 0 heterocycles. The fourth-order valence-corrected chi connectivity index (χ4v) is 2.14. The first kappa shape index (κ1) is 14.7. The summed E-state index contributed by atoms with van der Waals surface area (Å²) in [6.07, 6.45) is 0. The Hall–Kier alpha value is -1.39. The molecule has 1 rings (SSSR count). The number of anilines is 1. The Balaban J connectivity index is 3.29. The number of carbonyl (C=O) groups excluding carboxylic acids is 1. The standard InChI is InChI=1S/C14H22N2O2/c1-8-6-9(2)11(4)13(10(8)3)16(5)14(18)12(15)7-17/h6,12,17H,7,15H2,1-5H3. The van der Waals surface area contributed by atoms with Crippen molar-refractivity contribution in [2.45, 2.75) is 33.7 Å². The van der Waals surface area contributed by atoms with Gasteiger partial charge in [-0.05, 0) is 49.9 Å². The lowest BCUT2D eigenvalue weighted by atomic mass is 9.97. The van der Waals surface area contributed by atoms with Gasteiger partial charge in [-0.1, -0.05) is 6.07 Å². The number of hydrogen-bond donors (Lipinski definition) is 2. The molecule has 0 spiro atoms. The van der Waals surface area contributed by atoms with Crippen LogP contribution in [-0.4, -0.2) is 30.7 Å². The molecule has 0 aliphatic rings. The Morgan fingerprint density at radius 3 is 2.11 bits per heavy atom. The summed E-state index contributed by atoms with van der Waals surface area (Å²) in [6, 6.07) is 1.24. The third kappa shape index (κ3) is 2.54. The van der Waals surface area contributed by atoms with Crippen molar-refractivity contribution >= 4 is 11.6 Å². The molecular weight excluding hydrogens is 228 g/mol. The third-order valence-corrected chi connectivity index (χ3v) is 3.51. The minimum Gasteiger partial charge on any atom is -0.394 e. The molecule has 0 saturated heterocycles. The molecule has 0 aliphatic heterocycles. The number of aryl methyl sites for hydroxylation is 2. The zero-order valence-electron chi connectivity index (χ0n) is 11.7. The van der Waals surface area contributed by atoms with Crippen LogP contribution in [0.2, 0.25) is 0 Å². The monoisotopic (exact) mass is 250 g/mol. The smallest absolute Gasteiger partial charge is 0.246 e. The van der Waals surface area contributed by atoms with Gasteiger partial charge < -0.3 is 15.7 Å². The fraction of sp³-hybridized carbons (Fsp3) is 0.500. The maximum atomic E-state index is 12.0. The number of hydrogen-bond acceptors (Lipinski definition) is 3. The average molecular weight is 250 g/mol. The van der Waals surface area contributed by atoms with E-state index in [1.54, 1.807) is 11.9 Å². The summed E-state index contributed by atoms with van der Waals surface area (Å²) in [5.41, 5.74) is 10.9. The highest BCUT2D eigenvalue weighted by Crippen LogP contribution is 2.29. The number of benzene rings is 1. The number of nitrogens with two attached hydrogens (primary N) is 1. The van der Waals surface area contributed by atoms with Crippen molar-refractivity contribution in [3.05, 3.63) is 28.3 Å². The van der Waals surface area contributed by atoms with E-state index in [0.717, 1.165) is 27.9 Å². The summed E-state index contributed by atoms with van der Waals surface area (Å²) in [7, 11) is 1.70. The molecule has 0 fully saturated rings. The summed E-state index contributed by atoms with van der Waals surface area (Å²) in [6.45, 7) is 7.69. The second kappa shape index (κ2) is 5.50. The van der Waals surface area contributed by atoms with Gasteiger partial charge in [0.05, 0.1) is 6.61 Å². The molecular formula is C14H22N2O2. The predicted molar refractivity (Wildman–Crippen MR) is 73.9 cm³/mol. The highest BCUT2D eigenvalue weighted by molar-refractivity contribution is 5.98. The van der Waals surface area contributed by atoms with E-state index in [1.165, 1.54) is 0 Å². The molecule has 0 radical (unpaired) electrons. The molecule has 1 atom stereocenters. The summed E-state index contributed by atoms with van der Waals surface area (Å²) in [5, 5.41) is 8.98. The van der Waals surface area contributed by atoms with Crippen LogP contribution in [0, 0.1) is 27.7 Å². The summed E-state index contributed by atoms with van der Waals surface area (Å²) < 4.78 is 0. The van der Waals surface area contributed by atoms with Crippen LogP contribution >= 0.6 is 0 Å². The molecule has 100 valence electrons. The molecule has 0 aliphatic carbocycles. The lowest BCUT2D eigenvalue weighted by Crippen LogP contribution is -2.44. The largest absolute Gasteiger partial charge is 0.394 e. The van der Waals surface area contributed by atoms with Crippen molar-refractivity contribution in [3.8, 4) is 0 Å². The van der Waals surface area contributed by atoms with Gasteiger partial charge in [0.25, 0.3) is 0 Å². The number of carbonyl (C=O) groups is 1. The van der Waals surface area contributed by atoms with Crippen LogP contribution in [0.25, 0.3) is 0 Å². The van der Waals surface area contributed by atoms with Crippen molar-refractivity contribution in [2.24, 2.45) is 5.73 Å². The first-order valence-corrected chi connectivity index (χ1v) is 6.02. The summed E-state index contributed by atoms with van der Waals surface area (Å²) in [5.74, 6) is -0.270. The molecule has 1 unspecified atom stereocenters. The molecule has 1 aromatic rings. The van der Waals surface area contributed by atoms with Gasteiger partial charge in [0.15, 0.2) is 0 Å². The van der Waals surface area contributed by atoms with Gasteiger partial charge in [0, 0.05) is 12.7 Å². The first-order valence-electron chi connectivity index (χ1n) is 6.02. The fourth-order valence-electron chi connectivity index (χ4n) is 2.14. The topological polar surface area (TPSA) is 66.6 Å². The van der Waals surface area contributed by atoms with Gasteiger partial charge in [0.2, 0.25) is 5.91 Å². The summed E-state index contributed by atoms with van der Waals surface area (Å²) >= 11 is 0. The van der Waals surface area contributed by atoms with E-state index in [9.17, 15) is 4.79 Å². The van der Waals surface area contributed by atoms with Crippen LogP contribution in [-0.2, 0) is 4.79 Å². The van der Waals surface area contributed by atoms with E-state index in [4.69, 9.17) is 10.8 Å². The van der Waals surface area contributed by atoms with Crippen LogP contribution < -0.4 is 10.6 Å². The summed E-state index contributed by atoms with van der Waals surface area (Å²) in [4.78, 5) is 13.6. The van der Waals surface area contributed by atoms with Crippen molar-refractivity contribution < 1.29 is 9.90 Å². The van der Waals surface area contributed by atoms with E-state index in [-0.39, 0.29) is 12.5 Å². The Kier molecular flexibility index (Phi) is 4.48. The Morgan fingerprint density at radius 2 is 1.72 bits per heavy atom. The molecule has 4 heteroatoms. The van der Waals surface area contributed by atoms with Crippen molar-refractivity contribution in [3.63, 3.8) is 0 Å². The highest BCUT2D eigenvalue weighted by Gasteiger charge is 2.22.